The molecule has 1 aliphatic heterocycles. The number of aromatic hydroxyl groups is 1. The van der Waals surface area contributed by atoms with Gasteiger partial charge in [0.15, 0.2) is 0 Å². The molecule has 0 radical (unpaired) electrons. The lowest BCUT2D eigenvalue weighted by molar-refractivity contribution is 0.379. The molecule has 0 bridgehead atoms. The van der Waals surface area contributed by atoms with Gasteiger partial charge in [0, 0.05) is 29.5 Å². The number of nitrogens with zero attached hydrogens (tertiary/aromatic N) is 2. The largest absolute Gasteiger partial charge is 0.507 e. The molecule has 0 amide bonds. The summed E-state index contributed by atoms with van der Waals surface area (Å²) in [5.74, 6) is 1.01. The standard InChI is InChI=1S/C22H17N3O4/c1-27-15-5-2-4-14(9-15)25-12-13-8-16-20(10-18(13)26)29-22(24)17(11-23)21(16)19-6-3-7-28-19/h2-10,12,21,26H,24H2,1H3/t21-/m1/s1. The Balaban J connectivity index is 1.78. The highest BCUT2D eigenvalue weighted by molar-refractivity contribution is 5.86. The molecule has 3 aromatic rings. The molecular formula is C22H17N3O4. The third kappa shape index (κ3) is 3.39. The first-order chi connectivity index (χ1) is 14.1. The summed E-state index contributed by atoms with van der Waals surface area (Å²) in [4.78, 5) is 4.41. The molecule has 0 aliphatic carbocycles. The Morgan fingerprint density at radius 1 is 1.24 bits per heavy atom. The van der Waals surface area contributed by atoms with Crippen molar-refractivity contribution in [2.75, 3.05) is 7.11 Å². The van der Waals surface area contributed by atoms with Crippen LogP contribution in [0.3, 0.4) is 0 Å². The summed E-state index contributed by atoms with van der Waals surface area (Å²) in [6.07, 6.45) is 3.07. The number of rotatable bonds is 4. The van der Waals surface area contributed by atoms with Crippen molar-refractivity contribution in [2.24, 2.45) is 10.7 Å². The second-order valence-corrected chi connectivity index (χ2v) is 6.35. The Labute approximate surface area is 166 Å². The molecule has 0 spiro atoms. The minimum atomic E-state index is -0.539. The number of methoxy groups -OCH3 is 1. The SMILES string of the molecule is COc1cccc(N=Cc2cc3c(cc2O)OC(N)=C(C#N)[C@@H]3c2ccco2)c1. The summed E-state index contributed by atoms with van der Waals surface area (Å²) < 4.78 is 16.3. The Bertz CT molecular complexity index is 1160. The highest BCUT2D eigenvalue weighted by Crippen LogP contribution is 2.44. The first-order valence-electron chi connectivity index (χ1n) is 8.76. The molecule has 4 rings (SSSR count). The first kappa shape index (κ1) is 18.2. The van der Waals surface area contributed by atoms with Crippen LogP contribution >= 0.6 is 0 Å². The van der Waals surface area contributed by atoms with Crippen molar-refractivity contribution < 1.29 is 19.0 Å². The molecular weight excluding hydrogens is 370 g/mol. The van der Waals surface area contributed by atoms with Crippen molar-refractivity contribution in [3.05, 3.63) is 83.1 Å². The Hall–Kier alpha value is -4.18. The molecule has 1 atom stereocenters. The molecule has 0 fully saturated rings. The number of nitrogens with two attached hydrogens (primary N) is 1. The summed E-state index contributed by atoms with van der Waals surface area (Å²) in [5, 5.41) is 20.0. The van der Waals surface area contributed by atoms with Gasteiger partial charge in [-0.1, -0.05) is 6.07 Å². The van der Waals surface area contributed by atoms with E-state index in [4.69, 9.17) is 19.6 Å². The van der Waals surface area contributed by atoms with Gasteiger partial charge >= 0.3 is 0 Å². The number of benzene rings is 2. The maximum absolute atomic E-state index is 10.4. The van der Waals surface area contributed by atoms with E-state index in [2.05, 4.69) is 11.1 Å². The first-order valence-corrected chi connectivity index (χ1v) is 8.76. The molecule has 1 aliphatic rings. The van der Waals surface area contributed by atoms with E-state index in [0.717, 1.165) is 0 Å². The van der Waals surface area contributed by atoms with E-state index in [-0.39, 0.29) is 17.2 Å². The van der Waals surface area contributed by atoms with Crippen molar-refractivity contribution in [1.82, 2.24) is 0 Å². The number of hydrogen-bond donors (Lipinski definition) is 2. The van der Waals surface area contributed by atoms with Crippen LogP contribution in [-0.2, 0) is 0 Å². The number of fused-ring (bicyclic) bond motifs is 1. The lowest BCUT2D eigenvalue weighted by Crippen LogP contribution is -2.21. The van der Waals surface area contributed by atoms with Gasteiger partial charge in [-0.15, -0.1) is 0 Å². The normalized spacial score (nSPS) is 15.7. The van der Waals surface area contributed by atoms with Gasteiger partial charge in [-0.2, -0.15) is 5.26 Å². The van der Waals surface area contributed by atoms with Crippen molar-refractivity contribution in [3.8, 4) is 23.3 Å². The molecule has 2 aromatic carbocycles. The molecule has 0 saturated heterocycles. The number of ether oxygens (including phenoxy) is 2. The molecule has 7 nitrogen and oxygen atoms in total. The van der Waals surface area contributed by atoms with Crippen molar-refractivity contribution in [1.29, 1.82) is 5.26 Å². The monoisotopic (exact) mass is 387 g/mol. The Morgan fingerprint density at radius 2 is 2.10 bits per heavy atom. The summed E-state index contributed by atoms with van der Waals surface area (Å²) in [5.41, 5.74) is 7.95. The summed E-state index contributed by atoms with van der Waals surface area (Å²) >= 11 is 0. The van der Waals surface area contributed by atoms with Gasteiger partial charge in [-0.3, -0.25) is 4.99 Å². The molecule has 7 heteroatoms. The highest BCUT2D eigenvalue weighted by atomic mass is 16.5. The van der Waals surface area contributed by atoms with Gasteiger partial charge in [-0.25, -0.2) is 0 Å². The van der Waals surface area contributed by atoms with E-state index in [1.165, 1.54) is 18.5 Å². The van der Waals surface area contributed by atoms with E-state index < -0.39 is 5.92 Å². The molecule has 144 valence electrons. The highest BCUT2D eigenvalue weighted by Gasteiger charge is 2.33. The predicted molar refractivity (Wildman–Crippen MR) is 106 cm³/mol. The fraction of sp³-hybridized carbons (Fsp3) is 0.0909. The summed E-state index contributed by atoms with van der Waals surface area (Å²) in [7, 11) is 1.58. The Kier molecular flexibility index (Phi) is 4.67. The molecule has 1 aromatic heterocycles. The van der Waals surface area contributed by atoms with Crippen LogP contribution < -0.4 is 15.2 Å². The van der Waals surface area contributed by atoms with Crippen molar-refractivity contribution >= 4 is 11.9 Å². The molecule has 3 N–H and O–H groups in total. The van der Waals surface area contributed by atoms with Crippen LogP contribution in [0.2, 0.25) is 0 Å². The number of furan rings is 1. The van der Waals surface area contributed by atoms with E-state index in [9.17, 15) is 10.4 Å². The van der Waals surface area contributed by atoms with Gasteiger partial charge in [0.05, 0.1) is 25.0 Å². The summed E-state index contributed by atoms with van der Waals surface area (Å²) in [6, 6.07) is 16.0. The number of aliphatic imine (C=N–C) groups is 1. The van der Waals surface area contributed by atoms with Crippen LogP contribution in [0.4, 0.5) is 5.69 Å². The summed E-state index contributed by atoms with van der Waals surface area (Å²) in [6.45, 7) is 0. The van der Waals surface area contributed by atoms with Crippen LogP contribution in [0, 0.1) is 11.3 Å². The fourth-order valence-corrected chi connectivity index (χ4v) is 3.20. The quantitative estimate of drug-likeness (QED) is 0.655. The van der Waals surface area contributed by atoms with Crippen molar-refractivity contribution in [3.63, 3.8) is 0 Å². The van der Waals surface area contributed by atoms with Gasteiger partial charge in [0.25, 0.3) is 0 Å². The maximum Gasteiger partial charge on any atom is 0.205 e. The number of phenols is 1. The molecule has 2 heterocycles. The Morgan fingerprint density at radius 3 is 2.83 bits per heavy atom. The molecule has 0 unspecified atom stereocenters. The van der Waals surface area contributed by atoms with Gasteiger partial charge in [0.2, 0.25) is 5.88 Å². The lowest BCUT2D eigenvalue weighted by atomic mass is 9.86. The average molecular weight is 387 g/mol. The average Bonchev–Trinajstić information content (AvgIpc) is 3.26. The fourth-order valence-electron chi connectivity index (χ4n) is 3.20. The minimum Gasteiger partial charge on any atom is -0.507 e. The maximum atomic E-state index is 10.4. The number of hydrogen-bond acceptors (Lipinski definition) is 7. The van der Waals surface area contributed by atoms with Gasteiger partial charge < -0.3 is 24.7 Å². The third-order valence-electron chi connectivity index (χ3n) is 4.60. The number of phenolic OH excluding ortho intramolecular Hbond substituents is 1. The van der Waals surface area contributed by atoms with Crippen LogP contribution in [0.1, 0.15) is 22.8 Å². The molecule has 29 heavy (non-hydrogen) atoms. The van der Waals surface area contributed by atoms with Crippen LogP contribution in [-0.4, -0.2) is 18.4 Å². The van der Waals surface area contributed by atoms with E-state index in [1.807, 2.05) is 18.2 Å². The zero-order valence-corrected chi connectivity index (χ0v) is 15.5. The van der Waals surface area contributed by atoms with Crippen LogP contribution in [0.25, 0.3) is 0 Å². The zero-order valence-electron chi connectivity index (χ0n) is 15.5. The smallest absolute Gasteiger partial charge is 0.205 e. The van der Waals surface area contributed by atoms with Crippen LogP contribution in [0.15, 0.2) is 75.7 Å². The number of allylic oxidation sites excluding steroid dienone is 1. The second-order valence-electron chi connectivity index (χ2n) is 6.35. The number of nitriles is 1. The molecule has 0 saturated carbocycles. The zero-order chi connectivity index (χ0) is 20.4. The van der Waals surface area contributed by atoms with Crippen molar-refractivity contribution in [2.45, 2.75) is 5.92 Å². The lowest BCUT2D eigenvalue weighted by Gasteiger charge is -2.25. The minimum absolute atomic E-state index is 0.0152. The van der Waals surface area contributed by atoms with E-state index in [0.29, 0.717) is 34.1 Å². The van der Waals surface area contributed by atoms with Gasteiger partial charge in [-0.05, 0) is 30.3 Å². The van der Waals surface area contributed by atoms with E-state index in [1.54, 1.807) is 31.4 Å². The second kappa shape index (κ2) is 7.44. The topological polar surface area (TPSA) is 114 Å². The van der Waals surface area contributed by atoms with Crippen LogP contribution in [0.5, 0.6) is 17.2 Å². The predicted octanol–water partition coefficient (Wildman–Crippen LogP) is 3.96. The van der Waals surface area contributed by atoms with Gasteiger partial charge in [0.1, 0.15) is 34.7 Å². The van der Waals surface area contributed by atoms with E-state index >= 15 is 0 Å². The third-order valence-corrected chi connectivity index (χ3v) is 4.60.